The van der Waals surface area contributed by atoms with Gasteiger partial charge in [0.25, 0.3) is 5.56 Å². The number of fused-ring (bicyclic) bond motifs is 4. The molecule has 2 heterocycles. The molecule has 5 heteroatoms. The van der Waals surface area contributed by atoms with E-state index in [2.05, 4.69) is 4.98 Å². The van der Waals surface area contributed by atoms with E-state index in [1.807, 2.05) is 66.7 Å². The Hall–Kier alpha value is -4.48. The maximum atomic E-state index is 13.4. The van der Waals surface area contributed by atoms with Crippen LogP contribution in [0.3, 0.4) is 0 Å². The standard InChI is InChI=1S/C24H12N4O/c25-13-17(14-26)22-18-8-4-5-9-21(18)28-23(22)27-20-11-10-16(12-19(20)24(28)29)15-6-2-1-3-7-15/h1-12H. The highest BCUT2D eigenvalue weighted by atomic mass is 16.1. The number of rotatable bonds is 1. The highest BCUT2D eigenvalue weighted by Crippen LogP contribution is 2.23. The maximum absolute atomic E-state index is 13.4. The molecule has 134 valence electrons. The third-order valence-corrected chi connectivity index (χ3v) is 5.09. The van der Waals surface area contributed by atoms with Crippen molar-refractivity contribution in [1.29, 1.82) is 10.5 Å². The fraction of sp³-hybridized carbons (Fsp3) is 0. The molecule has 0 atom stereocenters. The molecule has 2 aromatic heterocycles. The second-order valence-corrected chi connectivity index (χ2v) is 6.66. The van der Waals surface area contributed by atoms with Crippen LogP contribution < -0.4 is 10.8 Å². The van der Waals surface area contributed by atoms with Gasteiger partial charge >= 0.3 is 0 Å². The molecule has 3 aromatic carbocycles. The van der Waals surface area contributed by atoms with Gasteiger partial charge < -0.3 is 0 Å². The number of benzene rings is 3. The first-order valence-electron chi connectivity index (χ1n) is 9.00. The SMILES string of the molecule is N#CC(C#N)=c1c2ccccc2n2c(=O)c3cc(-c4ccccc4)ccc3nc12. The quantitative estimate of drug-likeness (QED) is 0.450. The van der Waals surface area contributed by atoms with Crippen LogP contribution in [0.25, 0.3) is 44.2 Å². The molecule has 0 bridgehead atoms. The molecule has 0 saturated carbocycles. The van der Waals surface area contributed by atoms with E-state index in [-0.39, 0.29) is 11.1 Å². The van der Waals surface area contributed by atoms with Gasteiger partial charge in [0.15, 0.2) is 5.65 Å². The number of hydrogen-bond acceptors (Lipinski definition) is 4. The van der Waals surface area contributed by atoms with Crippen LogP contribution in [0.5, 0.6) is 0 Å². The van der Waals surface area contributed by atoms with E-state index >= 15 is 0 Å². The normalized spacial score (nSPS) is 10.8. The summed E-state index contributed by atoms with van der Waals surface area (Å²) >= 11 is 0. The Labute approximate surface area is 165 Å². The highest BCUT2D eigenvalue weighted by Gasteiger charge is 2.16. The van der Waals surface area contributed by atoms with Crippen LogP contribution in [0.4, 0.5) is 0 Å². The topological polar surface area (TPSA) is 82.0 Å². The maximum Gasteiger partial charge on any atom is 0.266 e. The second-order valence-electron chi connectivity index (χ2n) is 6.66. The lowest BCUT2D eigenvalue weighted by molar-refractivity contribution is 1.14. The Morgan fingerprint density at radius 2 is 1.55 bits per heavy atom. The van der Waals surface area contributed by atoms with Crippen LogP contribution in [0, 0.1) is 22.7 Å². The van der Waals surface area contributed by atoms with E-state index in [0.717, 1.165) is 11.1 Å². The van der Waals surface area contributed by atoms with Crippen molar-refractivity contribution in [2.24, 2.45) is 0 Å². The summed E-state index contributed by atoms with van der Waals surface area (Å²) in [6.07, 6.45) is 0. The van der Waals surface area contributed by atoms with Gasteiger partial charge in [-0.1, -0.05) is 54.6 Å². The molecule has 0 unspecified atom stereocenters. The van der Waals surface area contributed by atoms with Crippen molar-refractivity contribution in [3.8, 4) is 23.3 Å². The fourth-order valence-electron chi connectivity index (χ4n) is 3.77. The molecule has 5 aromatic rings. The number of nitrogens with zero attached hydrogens (tertiary/aromatic N) is 4. The van der Waals surface area contributed by atoms with Crippen molar-refractivity contribution in [3.63, 3.8) is 0 Å². The van der Waals surface area contributed by atoms with Crippen LogP contribution in [0.15, 0.2) is 77.6 Å². The summed E-state index contributed by atoms with van der Waals surface area (Å²) in [7, 11) is 0. The molecular weight excluding hydrogens is 360 g/mol. The molecule has 0 aliphatic carbocycles. The second kappa shape index (κ2) is 6.30. The monoisotopic (exact) mass is 372 g/mol. The average Bonchev–Trinajstić information content (AvgIpc) is 3.10. The van der Waals surface area contributed by atoms with Crippen LogP contribution in [-0.2, 0) is 0 Å². The molecule has 0 aliphatic rings. The van der Waals surface area contributed by atoms with Gasteiger partial charge in [-0.25, -0.2) is 4.98 Å². The molecule has 0 N–H and O–H groups in total. The Kier molecular flexibility index (Phi) is 3.62. The van der Waals surface area contributed by atoms with Crippen LogP contribution >= 0.6 is 0 Å². The molecule has 0 amide bonds. The van der Waals surface area contributed by atoms with Crippen LogP contribution in [0.2, 0.25) is 0 Å². The summed E-state index contributed by atoms with van der Waals surface area (Å²) in [5.74, 6) is 0. The lowest BCUT2D eigenvalue weighted by Crippen LogP contribution is -2.17. The van der Waals surface area contributed by atoms with E-state index in [4.69, 9.17) is 0 Å². The Morgan fingerprint density at radius 3 is 2.31 bits per heavy atom. The molecule has 0 spiro atoms. The summed E-state index contributed by atoms with van der Waals surface area (Å²) in [6, 6.07) is 26.5. The summed E-state index contributed by atoms with van der Waals surface area (Å²) < 4.78 is 1.50. The van der Waals surface area contributed by atoms with Crippen molar-refractivity contribution in [2.45, 2.75) is 0 Å². The Balaban J connectivity index is 2.00. The molecule has 0 radical (unpaired) electrons. The third-order valence-electron chi connectivity index (χ3n) is 5.09. The molecule has 0 saturated heterocycles. The predicted octanol–water partition coefficient (Wildman–Crippen LogP) is 3.58. The minimum absolute atomic E-state index is 0.0594. The van der Waals surface area contributed by atoms with E-state index in [9.17, 15) is 15.3 Å². The number of nitriles is 2. The van der Waals surface area contributed by atoms with Gasteiger partial charge in [0, 0.05) is 5.39 Å². The van der Waals surface area contributed by atoms with Crippen molar-refractivity contribution >= 4 is 33.0 Å². The van der Waals surface area contributed by atoms with Gasteiger partial charge in [0.2, 0.25) is 0 Å². The van der Waals surface area contributed by atoms with Gasteiger partial charge in [0.05, 0.1) is 21.6 Å². The minimum Gasteiger partial charge on any atom is -0.268 e. The van der Waals surface area contributed by atoms with Gasteiger partial charge in [-0.3, -0.25) is 9.20 Å². The first-order chi connectivity index (χ1) is 14.2. The van der Waals surface area contributed by atoms with Gasteiger partial charge in [0.1, 0.15) is 17.7 Å². The summed E-state index contributed by atoms with van der Waals surface area (Å²) in [6.45, 7) is 0. The van der Waals surface area contributed by atoms with E-state index in [1.165, 1.54) is 4.40 Å². The molecule has 0 fully saturated rings. The van der Waals surface area contributed by atoms with Gasteiger partial charge in [-0.05, 0) is 29.3 Å². The van der Waals surface area contributed by atoms with E-state index in [0.29, 0.717) is 32.7 Å². The average molecular weight is 372 g/mol. The predicted molar refractivity (Wildman–Crippen MR) is 112 cm³/mol. The molecular formula is C24H12N4O. The summed E-state index contributed by atoms with van der Waals surface area (Å²) in [5, 5.41) is 20.4. The lowest BCUT2D eigenvalue weighted by atomic mass is 10.0. The first kappa shape index (κ1) is 16.7. The van der Waals surface area contributed by atoms with Gasteiger partial charge in [-0.2, -0.15) is 10.5 Å². The van der Waals surface area contributed by atoms with Crippen LogP contribution in [0.1, 0.15) is 0 Å². The first-order valence-corrected chi connectivity index (χ1v) is 9.00. The fourth-order valence-corrected chi connectivity index (χ4v) is 3.77. The van der Waals surface area contributed by atoms with Crippen LogP contribution in [-0.4, -0.2) is 9.38 Å². The van der Waals surface area contributed by atoms with Gasteiger partial charge in [-0.15, -0.1) is 0 Å². The van der Waals surface area contributed by atoms with Crippen molar-refractivity contribution in [1.82, 2.24) is 9.38 Å². The number of hydrogen-bond donors (Lipinski definition) is 0. The van der Waals surface area contributed by atoms with Crippen molar-refractivity contribution < 1.29 is 0 Å². The van der Waals surface area contributed by atoms with Crippen molar-refractivity contribution in [3.05, 3.63) is 88.4 Å². The Bertz CT molecular complexity index is 1620. The summed E-state index contributed by atoms with van der Waals surface area (Å²) in [4.78, 5) is 18.1. The molecule has 5 rings (SSSR count). The zero-order valence-corrected chi connectivity index (χ0v) is 15.1. The third kappa shape index (κ3) is 2.39. The van der Waals surface area contributed by atoms with E-state index < -0.39 is 0 Å². The van der Waals surface area contributed by atoms with Crippen molar-refractivity contribution in [2.75, 3.05) is 0 Å². The zero-order valence-electron chi connectivity index (χ0n) is 15.1. The largest absolute Gasteiger partial charge is 0.268 e. The number of aromatic nitrogens is 2. The highest BCUT2D eigenvalue weighted by molar-refractivity contribution is 5.96. The number of para-hydroxylation sites is 1. The van der Waals surface area contributed by atoms with E-state index in [1.54, 1.807) is 18.2 Å². The zero-order chi connectivity index (χ0) is 20.0. The Morgan fingerprint density at radius 1 is 0.828 bits per heavy atom. The minimum atomic E-state index is -0.222. The molecule has 0 aliphatic heterocycles. The molecule has 5 nitrogen and oxygen atoms in total. The lowest BCUT2D eigenvalue weighted by Gasteiger charge is -2.05. The smallest absolute Gasteiger partial charge is 0.266 e. The molecule has 29 heavy (non-hydrogen) atoms. The summed E-state index contributed by atoms with van der Waals surface area (Å²) in [5.41, 5.74) is 3.14.